The number of aromatic hydroxyl groups is 1. The molecule has 0 amide bonds. The number of nitrogens with zero attached hydrogens (tertiary/aromatic N) is 2. The molecule has 1 aromatic heterocycles. The van der Waals surface area contributed by atoms with Crippen molar-refractivity contribution < 1.29 is 5.11 Å². The van der Waals surface area contributed by atoms with Crippen molar-refractivity contribution in [3.8, 4) is 17.1 Å². The highest BCUT2D eigenvalue weighted by molar-refractivity contribution is 14.1. The van der Waals surface area contributed by atoms with E-state index in [4.69, 9.17) is 4.98 Å². The topological polar surface area (TPSA) is 38.0 Å². The van der Waals surface area contributed by atoms with E-state index >= 15 is 0 Å². The van der Waals surface area contributed by atoms with Gasteiger partial charge in [-0.1, -0.05) is 22.9 Å². The molecule has 0 spiro atoms. The predicted octanol–water partition coefficient (Wildman–Crippen LogP) is 5.19. The van der Waals surface area contributed by atoms with Crippen LogP contribution in [0.1, 0.15) is 13.3 Å². The van der Waals surface area contributed by atoms with Gasteiger partial charge in [-0.05, 0) is 65.4 Å². The number of rotatable bonds is 3. The maximum atomic E-state index is 10.2. The number of hydrogen-bond donors (Lipinski definition) is 1. The van der Waals surface area contributed by atoms with Crippen molar-refractivity contribution in [2.24, 2.45) is 0 Å². The van der Waals surface area contributed by atoms with E-state index in [1.807, 2.05) is 24.3 Å². The van der Waals surface area contributed by atoms with Crippen molar-refractivity contribution in [2.45, 2.75) is 19.9 Å². The highest BCUT2D eigenvalue weighted by Gasteiger charge is 2.15. The van der Waals surface area contributed by atoms with E-state index in [0.29, 0.717) is 0 Å². The molecule has 3 rings (SSSR count). The van der Waals surface area contributed by atoms with Gasteiger partial charge in [0, 0.05) is 14.6 Å². The fourth-order valence-electron chi connectivity index (χ4n) is 2.45. The van der Waals surface area contributed by atoms with Crippen molar-refractivity contribution in [3.05, 3.63) is 44.4 Å². The molecule has 3 aromatic rings. The normalized spacial score (nSPS) is 11.2. The maximum Gasteiger partial charge on any atom is 0.144 e. The van der Waals surface area contributed by atoms with Gasteiger partial charge in [-0.3, -0.25) is 0 Å². The quantitative estimate of drug-likeness (QED) is 0.551. The average molecular weight is 457 g/mol. The lowest BCUT2D eigenvalue weighted by molar-refractivity contribution is 0.476. The van der Waals surface area contributed by atoms with Crippen LogP contribution in [0.5, 0.6) is 5.75 Å². The Bertz CT molecular complexity index is 813. The van der Waals surface area contributed by atoms with Crippen LogP contribution in [0.15, 0.2) is 40.9 Å². The van der Waals surface area contributed by atoms with Crippen LogP contribution in [0.2, 0.25) is 0 Å². The van der Waals surface area contributed by atoms with Crippen LogP contribution in [0.25, 0.3) is 22.4 Å². The van der Waals surface area contributed by atoms with Crippen LogP contribution in [0.4, 0.5) is 0 Å². The van der Waals surface area contributed by atoms with Crippen molar-refractivity contribution in [1.29, 1.82) is 0 Å². The first-order chi connectivity index (χ1) is 10.1. The molecule has 5 heteroatoms. The zero-order valence-corrected chi connectivity index (χ0v) is 15.2. The zero-order chi connectivity index (χ0) is 15.0. The maximum absolute atomic E-state index is 10.2. The van der Waals surface area contributed by atoms with Crippen LogP contribution in [0, 0.1) is 3.57 Å². The Labute approximate surface area is 145 Å². The number of hydrogen-bond acceptors (Lipinski definition) is 2. The van der Waals surface area contributed by atoms with Crippen molar-refractivity contribution >= 4 is 49.6 Å². The van der Waals surface area contributed by atoms with Crippen molar-refractivity contribution in [1.82, 2.24) is 9.55 Å². The minimum atomic E-state index is 0.266. The third-order valence-electron chi connectivity index (χ3n) is 3.36. The minimum absolute atomic E-state index is 0.266. The van der Waals surface area contributed by atoms with Crippen LogP contribution >= 0.6 is 38.5 Å². The van der Waals surface area contributed by atoms with E-state index in [1.165, 1.54) is 0 Å². The highest BCUT2D eigenvalue weighted by Crippen LogP contribution is 2.33. The smallest absolute Gasteiger partial charge is 0.144 e. The van der Waals surface area contributed by atoms with Gasteiger partial charge in [-0.15, -0.1) is 0 Å². The summed E-state index contributed by atoms with van der Waals surface area (Å²) in [7, 11) is 0. The van der Waals surface area contributed by atoms with E-state index in [-0.39, 0.29) is 5.75 Å². The summed E-state index contributed by atoms with van der Waals surface area (Å²) >= 11 is 5.74. The van der Waals surface area contributed by atoms with E-state index < -0.39 is 0 Å². The molecule has 108 valence electrons. The van der Waals surface area contributed by atoms with E-state index in [9.17, 15) is 5.11 Å². The van der Waals surface area contributed by atoms with Gasteiger partial charge in [0.2, 0.25) is 0 Å². The Morgan fingerprint density at radius 1 is 1.24 bits per heavy atom. The first kappa shape index (κ1) is 14.8. The van der Waals surface area contributed by atoms with Crippen LogP contribution in [-0.4, -0.2) is 14.7 Å². The molecule has 0 fully saturated rings. The summed E-state index contributed by atoms with van der Waals surface area (Å²) in [6.07, 6.45) is 1.01. The summed E-state index contributed by atoms with van der Waals surface area (Å²) in [6.45, 7) is 3.02. The van der Waals surface area contributed by atoms with E-state index in [1.54, 1.807) is 6.07 Å². The third kappa shape index (κ3) is 2.81. The standard InChI is InChI=1S/C16H14BrIN2O/c1-2-7-20-14-5-3-10(17)8-13(14)19-16(20)12-9-11(18)4-6-15(12)21/h3-6,8-9,21H,2,7H2,1H3. The predicted molar refractivity (Wildman–Crippen MR) is 97.5 cm³/mol. The first-order valence-corrected chi connectivity index (χ1v) is 8.62. The molecule has 0 atom stereocenters. The largest absolute Gasteiger partial charge is 0.507 e. The summed E-state index contributed by atoms with van der Waals surface area (Å²) in [5.74, 6) is 1.09. The second-order valence-electron chi connectivity index (χ2n) is 4.88. The molecule has 0 saturated carbocycles. The molecule has 2 aromatic carbocycles. The van der Waals surface area contributed by atoms with Crippen molar-refractivity contribution in [2.75, 3.05) is 0 Å². The van der Waals surface area contributed by atoms with Gasteiger partial charge in [0.15, 0.2) is 0 Å². The second-order valence-corrected chi connectivity index (χ2v) is 7.04. The van der Waals surface area contributed by atoms with Gasteiger partial charge < -0.3 is 9.67 Å². The number of benzene rings is 2. The lowest BCUT2D eigenvalue weighted by atomic mass is 10.2. The fourth-order valence-corrected chi connectivity index (χ4v) is 3.29. The molecule has 0 aliphatic heterocycles. The average Bonchev–Trinajstić information content (AvgIpc) is 2.80. The fraction of sp³-hybridized carbons (Fsp3) is 0.188. The van der Waals surface area contributed by atoms with Crippen LogP contribution < -0.4 is 0 Å². The number of phenols is 1. The molecular formula is C16H14BrIN2O. The molecule has 1 N–H and O–H groups in total. The molecule has 0 saturated heterocycles. The number of imidazole rings is 1. The van der Waals surface area contributed by atoms with Gasteiger partial charge in [0.05, 0.1) is 16.6 Å². The zero-order valence-electron chi connectivity index (χ0n) is 11.5. The number of aromatic nitrogens is 2. The monoisotopic (exact) mass is 456 g/mol. The third-order valence-corrected chi connectivity index (χ3v) is 4.52. The summed E-state index contributed by atoms with van der Waals surface area (Å²) in [5.41, 5.74) is 2.81. The molecule has 0 aliphatic carbocycles. The van der Waals surface area contributed by atoms with Gasteiger partial charge in [0.1, 0.15) is 11.6 Å². The summed E-state index contributed by atoms with van der Waals surface area (Å²) in [6, 6.07) is 11.7. The second kappa shape index (κ2) is 5.96. The Kier molecular flexibility index (Phi) is 4.21. The molecule has 0 bridgehead atoms. The van der Waals surface area contributed by atoms with Gasteiger partial charge in [0.25, 0.3) is 0 Å². The summed E-state index contributed by atoms with van der Waals surface area (Å²) < 4.78 is 4.26. The van der Waals surface area contributed by atoms with E-state index in [0.717, 1.165) is 43.4 Å². The molecule has 1 heterocycles. The number of halogens is 2. The minimum Gasteiger partial charge on any atom is -0.507 e. The molecule has 0 radical (unpaired) electrons. The highest BCUT2D eigenvalue weighted by atomic mass is 127. The van der Waals surface area contributed by atoms with Gasteiger partial charge >= 0.3 is 0 Å². The number of aryl methyl sites for hydroxylation is 1. The van der Waals surface area contributed by atoms with Gasteiger partial charge in [-0.25, -0.2) is 4.98 Å². The lowest BCUT2D eigenvalue weighted by Crippen LogP contribution is -2.00. The van der Waals surface area contributed by atoms with Crippen LogP contribution in [-0.2, 0) is 6.54 Å². The van der Waals surface area contributed by atoms with Crippen molar-refractivity contribution in [3.63, 3.8) is 0 Å². The Morgan fingerprint density at radius 2 is 2.05 bits per heavy atom. The Balaban J connectivity index is 2.30. The summed E-state index contributed by atoms with van der Waals surface area (Å²) in [4.78, 5) is 4.73. The summed E-state index contributed by atoms with van der Waals surface area (Å²) in [5, 5.41) is 10.2. The first-order valence-electron chi connectivity index (χ1n) is 6.75. The number of fused-ring (bicyclic) bond motifs is 1. The van der Waals surface area contributed by atoms with Crippen LogP contribution in [0.3, 0.4) is 0 Å². The molecule has 0 unspecified atom stereocenters. The molecule has 21 heavy (non-hydrogen) atoms. The molecule has 0 aliphatic rings. The SMILES string of the molecule is CCCn1c(-c2cc(I)ccc2O)nc2cc(Br)ccc21. The van der Waals surface area contributed by atoms with E-state index in [2.05, 4.69) is 56.1 Å². The molecule has 3 nitrogen and oxygen atoms in total. The lowest BCUT2D eigenvalue weighted by Gasteiger charge is -2.09. The Morgan fingerprint density at radius 3 is 2.81 bits per heavy atom. The van der Waals surface area contributed by atoms with Gasteiger partial charge in [-0.2, -0.15) is 0 Å². The molecular weight excluding hydrogens is 443 g/mol. The number of phenolic OH excluding ortho intramolecular Hbond substituents is 1. The Hall–Kier alpha value is -1.08.